The van der Waals surface area contributed by atoms with Crippen LogP contribution in [0, 0.1) is 5.92 Å². The molecule has 0 fully saturated rings. The summed E-state index contributed by atoms with van der Waals surface area (Å²) in [6, 6.07) is 0. The topological polar surface area (TPSA) is 98.9 Å². The van der Waals surface area contributed by atoms with Crippen LogP contribution >= 0.6 is 12.2 Å². The Morgan fingerprint density at radius 2 is 1.60 bits per heavy atom. The molecule has 1 atom stereocenters. The Morgan fingerprint density at radius 3 is 1.90 bits per heavy atom. The predicted octanol–water partition coefficient (Wildman–Crippen LogP) is -0.137. The third-order valence-corrected chi connectivity index (χ3v) is 2.91. The maximum absolute atomic E-state index is 12.3. The van der Waals surface area contributed by atoms with Crippen LogP contribution in [0.25, 0.3) is 0 Å². The Labute approximate surface area is 123 Å². The second-order valence-electron chi connectivity index (χ2n) is 4.09. The molecule has 1 amide bonds. The lowest BCUT2D eigenvalue weighted by Gasteiger charge is -2.24. The van der Waals surface area contributed by atoms with E-state index in [4.69, 9.17) is 18.0 Å². The van der Waals surface area contributed by atoms with Gasteiger partial charge in [0.1, 0.15) is 13.1 Å². The fourth-order valence-electron chi connectivity index (χ4n) is 1.55. The molecule has 0 aromatic rings. The summed E-state index contributed by atoms with van der Waals surface area (Å²) in [4.78, 5) is 36.0. The van der Waals surface area contributed by atoms with Gasteiger partial charge in [-0.15, -0.1) is 0 Å². The first-order chi connectivity index (χ1) is 9.37. The van der Waals surface area contributed by atoms with E-state index in [1.165, 1.54) is 14.2 Å². The summed E-state index contributed by atoms with van der Waals surface area (Å²) in [6.45, 7) is 1.17. The van der Waals surface area contributed by atoms with Crippen LogP contribution in [0.2, 0.25) is 0 Å². The van der Waals surface area contributed by atoms with Crippen LogP contribution in [0.1, 0.15) is 19.8 Å². The third kappa shape index (κ3) is 5.96. The summed E-state index contributed by atoms with van der Waals surface area (Å²) in [5.74, 6) is -2.46. The van der Waals surface area contributed by atoms with Gasteiger partial charge in [0, 0.05) is 0 Å². The van der Waals surface area contributed by atoms with Crippen LogP contribution in [-0.4, -0.2) is 55.0 Å². The number of nitrogens with zero attached hydrogens (tertiary/aromatic N) is 1. The Kier molecular flexibility index (Phi) is 8.46. The molecule has 0 saturated heterocycles. The number of rotatable bonds is 8. The largest absolute Gasteiger partial charge is 0.468 e. The molecule has 0 aliphatic heterocycles. The number of methoxy groups -OCH3 is 2. The number of hydrogen-bond acceptors (Lipinski definition) is 6. The SMILES string of the molecule is CCCC(C(=O)N(CC(=O)OC)CC(=O)OC)C(N)=S. The molecule has 7 nitrogen and oxygen atoms in total. The van der Waals surface area contributed by atoms with Crippen LogP contribution in [0.15, 0.2) is 0 Å². The normalized spacial score (nSPS) is 11.3. The maximum Gasteiger partial charge on any atom is 0.325 e. The van der Waals surface area contributed by atoms with Crippen molar-refractivity contribution in [3.8, 4) is 0 Å². The van der Waals surface area contributed by atoms with Crippen molar-refractivity contribution >= 4 is 35.1 Å². The van der Waals surface area contributed by atoms with Crippen molar-refractivity contribution in [3.05, 3.63) is 0 Å². The molecular weight excluding hydrogens is 284 g/mol. The van der Waals surface area contributed by atoms with Gasteiger partial charge >= 0.3 is 11.9 Å². The molecule has 114 valence electrons. The van der Waals surface area contributed by atoms with Crippen molar-refractivity contribution in [1.29, 1.82) is 0 Å². The monoisotopic (exact) mass is 304 g/mol. The van der Waals surface area contributed by atoms with E-state index in [0.29, 0.717) is 12.8 Å². The minimum atomic E-state index is -0.704. The van der Waals surface area contributed by atoms with Gasteiger partial charge in [0.05, 0.1) is 25.1 Å². The maximum atomic E-state index is 12.3. The minimum absolute atomic E-state index is 0.0385. The molecule has 2 N–H and O–H groups in total. The number of thiocarbonyl (C=S) groups is 1. The predicted molar refractivity (Wildman–Crippen MR) is 75.8 cm³/mol. The van der Waals surface area contributed by atoms with Gasteiger partial charge in [0.15, 0.2) is 0 Å². The molecule has 0 aliphatic rings. The molecule has 0 heterocycles. The number of carbonyl (C=O) groups excluding carboxylic acids is 3. The van der Waals surface area contributed by atoms with E-state index in [-0.39, 0.29) is 18.1 Å². The Bertz CT molecular complexity index is 368. The number of carbonyl (C=O) groups is 3. The molecule has 0 bridgehead atoms. The highest BCUT2D eigenvalue weighted by Gasteiger charge is 2.29. The van der Waals surface area contributed by atoms with Crippen LogP contribution in [0.5, 0.6) is 0 Å². The molecule has 0 aromatic carbocycles. The zero-order valence-corrected chi connectivity index (χ0v) is 12.7. The summed E-state index contributed by atoms with van der Waals surface area (Å²) in [6.07, 6.45) is 1.14. The zero-order chi connectivity index (χ0) is 15.7. The van der Waals surface area contributed by atoms with Crippen molar-refractivity contribution in [1.82, 2.24) is 4.90 Å². The molecular formula is C12H20N2O5S. The van der Waals surface area contributed by atoms with E-state index in [2.05, 4.69) is 9.47 Å². The average molecular weight is 304 g/mol. The second-order valence-corrected chi connectivity index (χ2v) is 4.56. The van der Waals surface area contributed by atoms with Gasteiger partial charge in [-0.1, -0.05) is 25.6 Å². The summed E-state index contributed by atoms with van der Waals surface area (Å²) in [7, 11) is 2.39. The van der Waals surface area contributed by atoms with Crippen LogP contribution in [0.3, 0.4) is 0 Å². The van der Waals surface area contributed by atoms with Crippen LogP contribution < -0.4 is 5.73 Å². The molecule has 0 radical (unpaired) electrons. The molecule has 20 heavy (non-hydrogen) atoms. The van der Waals surface area contributed by atoms with Gasteiger partial charge in [-0.25, -0.2) is 0 Å². The van der Waals surface area contributed by atoms with Crippen molar-refractivity contribution in [2.75, 3.05) is 27.3 Å². The Hall–Kier alpha value is -1.70. The van der Waals surface area contributed by atoms with Crippen molar-refractivity contribution in [2.24, 2.45) is 11.7 Å². The van der Waals surface area contributed by atoms with Gasteiger partial charge in [-0.2, -0.15) is 0 Å². The van der Waals surface area contributed by atoms with E-state index < -0.39 is 23.8 Å². The van der Waals surface area contributed by atoms with Crippen LogP contribution in [-0.2, 0) is 23.9 Å². The van der Waals surface area contributed by atoms with Crippen molar-refractivity contribution < 1.29 is 23.9 Å². The first kappa shape index (κ1) is 18.3. The molecule has 0 spiro atoms. The smallest absolute Gasteiger partial charge is 0.325 e. The van der Waals surface area contributed by atoms with Gasteiger partial charge in [0.25, 0.3) is 0 Å². The van der Waals surface area contributed by atoms with E-state index in [0.717, 1.165) is 4.90 Å². The van der Waals surface area contributed by atoms with Crippen LogP contribution in [0.4, 0.5) is 0 Å². The lowest BCUT2D eigenvalue weighted by atomic mass is 10.0. The summed E-state index contributed by atoms with van der Waals surface area (Å²) >= 11 is 4.86. The second kappa shape index (κ2) is 9.24. The van der Waals surface area contributed by atoms with E-state index in [1.807, 2.05) is 6.92 Å². The first-order valence-electron chi connectivity index (χ1n) is 6.09. The van der Waals surface area contributed by atoms with E-state index >= 15 is 0 Å². The molecule has 0 aliphatic carbocycles. The Balaban J connectivity index is 5.05. The fourth-order valence-corrected chi connectivity index (χ4v) is 1.77. The molecule has 0 rings (SSSR count). The number of nitrogens with two attached hydrogens (primary N) is 1. The number of amides is 1. The molecule has 0 saturated carbocycles. The number of hydrogen-bond donors (Lipinski definition) is 1. The fraction of sp³-hybridized carbons (Fsp3) is 0.667. The summed E-state index contributed by atoms with van der Waals surface area (Å²) in [5, 5.41) is 0. The summed E-state index contributed by atoms with van der Waals surface area (Å²) < 4.78 is 8.99. The highest BCUT2D eigenvalue weighted by molar-refractivity contribution is 7.80. The number of ether oxygens (including phenoxy) is 2. The van der Waals surface area contributed by atoms with Gasteiger partial charge < -0.3 is 20.1 Å². The Morgan fingerprint density at radius 1 is 1.15 bits per heavy atom. The highest BCUT2D eigenvalue weighted by Crippen LogP contribution is 2.12. The van der Waals surface area contributed by atoms with Crippen molar-refractivity contribution in [2.45, 2.75) is 19.8 Å². The highest BCUT2D eigenvalue weighted by atomic mass is 32.1. The molecule has 0 aromatic heterocycles. The lowest BCUT2D eigenvalue weighted by Crippen LogP contribution is -2.46. The van der Waals surface area contributed by atoms with Crippen molar-refractivity contribution in [3.63, 3.8) is 0 Å². The van der Waals surface area contributed by atoms with E-state index in [1.54, 1.807) is 0 Å². The van der Waals surface area contributed by atoms with Gasteiger partial charge in [-0.3, -0.25) is 14.4 Å². The average Bonchev–Trinajstić information content (AvgIpc) is 2.42. The molecule has 1 unspecified atom stereocenters. The quantitative estimate of drug-likeness (QED) is 0.492. The third-order valence-electron chi connectivity index (χ3n) is 2.63. The van der Waals surface area contributed by atoms with Gasteiger partial charge in [0.2, 0.25) is 5.91 Å². The lowest BCUT2D eigenvalue weighted by molar-refractivity contribution is -0.152. The van der Waals surface area contributed by atoms with Gasteiger partial charge in [-0.05, 0) is 6.42 Å². The zero-order valence-electron chi connectivity index (χ0n) is 11.9. The molecule has 8 heteroatoms. The van der Waals surface area contributed by atoms with E-state index in [9.17, 15) is 14.4 Å². The summed E-state index contributed by atoms with van der Waals surface area (Å²) in [5.41, 5.74) is 5.54. The standard InChI is InChI=1S/C12H20N2O5S/c1-4-5-8(11(13)20)12(17)14(6-9(15)18-2)7-10(16)19-3/h8H,4-7H2,1-3H3,(H2,13,20). The first-order valence-corrected chi connectivity index (χ1v) is 6.49. The minimum Gasteiger partial charge on any atom is -0.468 e. The number of esters is 2.